The molecule has 2 aliphatic rings. The zero-order valence-electron chi connectivity index (χ0n) is 15.0. The van der Waals surface area contributed by atoms with Gasteiger partial charge in [-0.2, -0.15) is 0 Å². The molecule has 0 unspecified atom stereocenters. The van der Waals surface area contributed by atoms with Crippen LogP contribution in [0, 0.1) is 5.41 Å². The molecule has 1 aliphatic carbocycles. The summed E-state index contributed by atoms with van der Waals surface area (Å²) in [6.45, 7) is 3.93. The van der Waals surface area contributed by atoms with Crippen LogP contribution >= 0.6 is 0 Å². The Hall–Kier alpha value is -1.76. The van der Waals surface area contributed by atoms with Crippen molar-refractivity contribution in [1.29, 1.82) is 0 Å². The molecule has 25 heavy (non-hydrogen) atoms. The van der Waals surface area contributed by atoms with Gasteiger partial charge in [-0.25, -0.2) is 8.42 Å². The number of nitrogens with zero attached hydrogens (tertiary/aromatic N) is 1. The number of nitrogens with one attached hydrogen (secondary N) is 1. The summed E-state index contributed by atoms with van der Waals surface area (Å²) in [6.07, 6.45) is 4.45. The van der Waals surface area contributed by atoms with E-state index in [0.717, 1.165) is 19.3 Å². The Kier molecular flexibility index (Phi) is 4.70. The molecule has 0 bridgehead atoms. The molecule has 1 amide bonds. The maximum absolute atomic E-state index is 12.6. The van der Waals surface area contributed by atoms with E-state index in [1.165, 1.54) is 0 Å². The van der Waals surface area contributed by atoms with E-state index in [0.29, 0.717) is 30.0 Å². The third-order valence-corrected chi connectivity index (χ3v) is 6.91. The molecule has 0 spiro atoms. The highest BCUT2D eigenvalue weighted by molar-refractivity contribution is 7.93. The standard InChI is InChI=1S/C18H26N2O4S/c1-18(2)12-24-16-11-13(9-10-15(16)20(3)17(18)21)19-25(22,23)14-7-5-4-6-8-14/h9-11,14,19H,4-8,12H2,1-3H3. The van der Waals surface area contributed by atoms with Crippen molar-refractivity contribution in [2.45, 2.75) is 51.2 Å². The second kappa shape index (κ2) is 6.52. The smallest absolute Gasteiger partial charge is 0.235 e. The highest BCUT2D eigenvalue weighted by atomic mass is 32.2. The quantitative estimate of drug-likeness (QED) is 0.892. The highest BCUT2D eigenvalue weighted by Gasteiger charge is 2.36. The molecule has 1 saturated carbocycles. The van der Waals surface area contributed by atoms with E-state index in [2.05, 4.69) is 4.72 Å². The molecule has 0 saturated heterocycles. The fourth-order valence-corrected chi connectivity index (χ4v) is 5.05. The maximum Gasteiger partial charge on any atom is 0.235 e. The van der Waals surface area contributed by atoms with Crippen molar-refractivity contribution in [1.82, 2.24) is 0 Å². The van der Waals surface area contributed by atoms with Gasteiger partial charge in [-0.3, -0.25) is 9.52 Å². The zero-order valence-corrected chi connectivity index (χ0v) is 15.9. The molecule has 1 fully saturated rings. The Morgan fingerprint density at radius 2 is 1.88 bits per heavy atom. The van der Waals surface area contributed by atoms with Crippen molar-refractivity contribution in [3.8, 4) is 5.75 Å². The average molecular weight is 366 g/mol. The number of hydrogen-bond acceptors (Lipinski definition) is 4. The van der Waals surface area contributed by atoms with E-state index in [-0.39, 0.29) is 17.8 Å². The molecule has 0 radical (unpaired) electrons. The molecular formula is C18H26N2O4S. The van der Waals surface area contributed by atoms with E-state index >= 15 is 0 Å². The third-order valence-electron chi connectivity index (χ3n) is 5.04. The number of carbonyl (C=O) groups excluding carboxylic acids is 1. The van der Waals surface area contributed by atoms with Crippen molar-refractivity contribution >= 4 is 27.3 Å². The van der Waals surface area contributed by atoms with Gasteiger partial charge in [0.1, 0.15) is 12.4 Å². The van der Waals surface area contributed by atoms with Crippen molar-refractivity contribution < 1.29 is 17.9 Å². The van der Waals surface area contributed by atoms with Crippen molar-refractivity contribution in [2.24, 2.45) is 5.41 Å². The second-order valence-corrected chi connectivity index (χ2v) is 9.59. The van der Waals surface area contributed by atoms with Crippen LogP contribution in [0.15, 0.2) is 18.2 Å². The van der Waals surface area contributed by atoms with Crippen LogP contribution in [0.2, 0.25) is 0 Å². The number of hydrogen-bond donors (Lipinski definition) is 1. The summed E-state index contributed by atoms with van der Waals surface area (Å²) in [5.41, 5.74) is 0.497. The van der Waals surface area contributed by atoms with E-state index in [1.54, 1.807) is 30.1 Å². The number of sulfonamides is 1. The van der Waals surface area contributed by atoms with Crippen LogP contribution in [0.4, 0.5) is 11.4 Å². The largest absolute Gasteiger partial charge is 0.490 e. The first-order valence-electron chi connectivity index (χ1n) is 8.77. The number of rotatable bonds is 3. The van der Waals surface area contributed by atoms with Crippen LogP contribution in [-0.4, -0.2) is 33.2 Å². The van der Waals surface area contributed by atoms with Gasteiger partial charge in [0, 0.05) is 13.1 Å². The Morgan fingerprint density at radius 1 is 1.20 bits per heavy atom. The molecule has 1 N–H and O–H groups in total. The molecule has 0 aromatic heterocycles. The molecule has 7 heteroatoms. The predicted octanol–water partition coefficient (Wildman–Crippen LogP) is 3.14. The number of benzene rings is 1. The Morgan fingerprint density at radius 3 is 2.56 bits per heavy atom. The number of anilines is 2. The maximum atomic E-state index is 12.6. The lowest BCUT2D eigenvalue weighted by Crippen LogP contribution is -2.39. The summed E-state index contributed by atoms with van der Waals surface area (Å²) in [7, 11) is -1.69. The predicted molar refractivity (Wildman–Crippen MR) is 98.5 cm³/mol. The van der Waals surface area contributed by atoms with Gasteiger partial charge in [0.2, 0.25) is 15.9 Å². The van der Waals surface area contributed by atoms with Gasteiger partial charge in [0.25, 0.3) is 0 Å². The molecule has 1 aromatic rings. The van der Waals surface area contributed by atoms with Gasteiger partial charge in [-0.1, -0.05) is 19.3 Å². The lowest BCUT2D eigenvalue weighted by atomic mass is 9.93. The fourth-order valence-electron chi connectivity index (χ4n) is 3.48. The molecule has 6 nitrogen and oxygen atoms in total. The first-order valence-corrected chi connectivity index (χ1v) is 10.3. The summed E-state index contributed by atoms with van der Waals surface area (Å²) in [5.74, 6) is 0.493. The lowest BCUT2D eigenvalue weighted by molar-refractivity contribution is -0.127. The zero-order chi connectivity index (χ0) is 18.2. The highest BCUT2D eigenvalue weighted by Crippen LogP contribution is 2.37. The number of fused-ring (bicyclic) bond motifs is 1. The molecular weight excluding hydrogens is 340 g/mol. The number of amides is 1. The summed E-state index contributed by atoms with van der Waals surface area (Å²) < 4.78 is 33.7. The number of carbonyl (C=O) groups is 1. The van der Waals surface area contributed by atoms with Crippen LogP contribution in [0.5, 0.6) is 5.75 Å². The minimum Gasteiger partial charge on any atom is -0.490 e. The Balaban J connectivity index is 1.84. The van der Waals surface area contributed by atoms with Gasteiger partial charge in [0.05, 0.1) is 22.0 Å². The normalized spacial score (nSPS) is 21.2. The van der Waals surface area contributed by atoms with E-state index in [1.807, 2.05) is 13.8 Å². The van der Waals surface area contributed by atoms with Crippen LogP contribution in [0.3, 0.4) is 0 Å². The topological polar surface area (TPSA) is 75.7 Å². The SMILES string of the molecule is CN1C(=O)C(C)(C)COc2cc(NS(=O)(=O)C3CCCCC3)ccc21. The molecule has 1 aliphatic heterocycles. The Labute approximate surface area is 149 Å². The van der Waals surface area contributed by atoms with E-state index in [9.17, 15) is 13.2 Å². The monoisotopic (exact) mass is 366 g/mol. The average Bonchev–Trinajstić information content (AvgIpc) is 2.66. The molecule has 1 heterocycles. The second-order valence-electron chi connectivity index (χ2n) is 7.63. The van der Waals surface area contributed by atoms with Gasteiger partial charge in [0.15, 0.2) is 0 Å². The molecule has 0 atom stereocenters. The Bertz CT molecular complexity index is 767. The van der Waals surface area contributed by atoms with E-state index < -0.39 is 15.4 Å². The van der Waals surface area contributed by atoms with Crippen molar-refractivity contribution in [2.75, 3.05) is 23.3 Å². The van der Waals surface area contributed by atoms with Gasteiger partial charge < -0.3 is 9.64 Å². The summed E-state index contributed by atoms with van der Waals surface area (Å²) in [6, 6.07) is 5.08. The fraction of sp³-hybridized carbons (Fsp3) is 0.611. The van der Waals surface area contributed by atoms with Gasteiger partial charge in [-0.15, -0.1) is 0 Å². The first kappa shape index (κ1) is 18.0. The summed E-state index contributed by atoms with van der Waals surface area (Å²) in [5, 5.41) is -0.329. The molecule has 3 rings (SSSR count). The van der Waals surface area contributed by atoms with Gasteiger partial charge >= 0.3 is 0 Å². The van der Waals surface area contributed by atoms with Crippen LogP contribution in [0.25, 0.3) is 0 Å². The van der Waals surface area contributed by atoms with Gasteiger partial charge in [-0.05, 0) is 38.8 Å². The third kappa shape index (κ3) is 3.61. The van der Waals surface area contributed by atoms with Crippen LogP contribution in [-0.2, 0) is 14.8 Å². The molecule has 138 valence electrons. The summed E-state index contributed by atoms with van der Waals surface area (Å²) in [4.78, 5) is 14.1. The van der Waals surface area contributed by atoms with Crippen LogP contribution in [0.1, 0.15) is 46.0 Å². The van der Waals surface area contributed by atoms with Crippen molar-refractivity contribution in [3.05, 3.63) is 18.2 Å². The van der Waals surface area contributed by atoms with Crippen LogP contribution < -0.4 is 14.4 Å². The molecule has 1 aromatic carbocycles. The van der Waals surface area contributed by atoms with E-state index in [4.69, 9.17) is 4.74 Å². The lowest BCUT2D eigenvalue weighted by Gasteiger charge is -2.24. The minimum atomic E-state index is -3.41. The first-order chi connectivity index (χ1) is 11.7. The minimum absolute atomic E-state index is 0.0261. The van der Waals surface area contributed by atoms with Crippen molar-refractivity contribution in [3.63, 3.8) is 0 Å². The number of ether oxygens (including phenoxy) is 1. The summed E-state index contributed by atoms with van der Waals surface area (Å²) >= 11 is 0.